The number of hydrogen-bond donors (Lipinski definition) is 1. The van der Waals surface area contributed by atoms with Crippen LogP contribution in [0.25, 0.3) is 16.9 Å². The Kier molecular flexibility index (Phi) is 5.97. The molecule has 168 valence electrons. The first-order chi connectivity index (χ1) is 16.1. The van der Waals surface area contributed by atoms with Crippen molar-refractivity contribution in [3.63, 3.8) is 0 Å². The molecule has 5 nitrogen and oxygen atoms in total. The van der Waals surface area contributed by atoms with Gasteiger partial charge in [0.15, 0.2) is 11.5 Å². The smallest absolute Gasteiger partial charge is 0.231 e. The lowest BCUT2D eigenvalue weighted by atomic mass is 9.88. The molecule has 0 saturated heterocycles. The zero-order valence-corrected chi connectivity index (χ0v) is 19.5. The molecule has 5 rings (SSSR count). The number of ether oxygens (including phenoxy) is 2. The van der Waals surface area contributed by atoms with Crippen LogP contribution >= 0.6 is 11.6 Å². The number of nitrogens with one attached hydrogen (secondary N) is 1. The van der Waals surface area contributed by atoms with Gasteiger partial charge in [-0.25, -0.2) is 4.68 Å². The summed E-state index contributed by atoms with van der Waals surface area (Å²) in [7, 11) is 0. The Morgan fingerprint density at radius 2 is 2.03 bits per heavy atom. The monoisotopic (exact) mass is 459 g/mol. The minimum atomic E-state index is 0.263. The zero-order chi connectivity index (χ0) is 22.8. The minimum absolute atomic E-state index is 0.263. The molecule has 33 heavy (non-hydrogen) atoms. The van der Waals surface area contributed by atoms with Crippen molar-refractivity contribution < 1.29 is 9.47 Å². The average molecular weight is 460 g/mol. The number of nitrogens with zero attached hydrogens (tertiary/aromatic N) is 2. The summed E-state index contributed by atoms with van der Waals surface area (Å²) in [4.78, 5) is 0. The van der Waals surface area contributed by atoms with Crippen molar-refractivity contribution in [2.75, 3.05) is 18.7 Å². The molecule has 0 radical (unpaired) electrons. The van der Waals surface area contributed by atoms with Crippen LogP contribution in [-0.2, 0) is 12.8 Å². The van der Waals surface area contributed by atoms with Crippen LogP contribution in [0.1, 0.15) is 23.7 Å². The van der Waals surface area contributed by atoms with Gasteiger partial charge in [0.25, 0.3) is 0 Å². The van der Waals surface area contributed by atoms with E-state index in [9.17, 15) is 0 Å². The van der Waals surface area contributed by atoms with Gasteiger partial charge in [-0.05, 0) is 68.7 Å². The number of hydrogen-bond acceptors (Lipinski definition) is 4. The first-order valence-corrected chi connectivity index (χ1v) is 11.5. The molecule has 2 heterocycles. The molecule has 1 aliphatic heterocycles. The normalized spacial score (nSPS) is 14.7. The topological polar surface area (TPSA) is 48.3 Å². The van der Waals surface area contributed by atoms with Gasteiger partial charge in [-0.2, -0.15) is 5.10 Å². The van der Waals surface area contributed by atoms with Crippen LogP contribution < -0.4 is 14.8 Å². The summed E-state index contributed by atoms with van der Waals surface area (Å²) in [5.41, 5.74) is 8.15. The highest BCUT2D eigenvalue weighted by molar-refractivity contribution is 6.31. The Balaban J connectivity index is 1.44. The predicted molar refractivity (Wildman–Crippen MR) is 134 cm³/mol. The van der Waals surface area contributed by atoms with E-state index in [2.05, 4.69) is 36.5 Å². The number of benzene rings is 2. The highest BCUT2D eigenvalue weighted by Crippen LogP contribution is 2.40. The largest absolute Gasteiger partial charge is 0.454 e. The summed E-state index contributed by atoms with van der Waals surface area (Å²) in [6.45, 7) is 5.01. The predicted octanol–water partition coefficient (Wildman–Crippen LogP) is 6.34. The third-order valence-corrected chi connectivity index (χ3v) is 6.19. The van der Waals surface area contributed by atoms with E-state index in [1.54, 1.807) is 0 Å². The average Bonchev–Trinajstić information content (AvgIpc) is 3.43. The molecule has 6 heteroatoms. The Labute approximate surface area is 199 Å². The third-order valence-electron chi connectivity index (χ3n) is 5.94. The number of allylic oxidation sites excluding steroid dienone is 5. The van der Waals surface area contributed by atoms with Crippen LogP contribution in [0.3, 0.4) is 0 Å². The summed E-state index contributed by atoms with van der Waals surface area (Å²) in [6.07, 6.45) is 11.7. The van der Waals surface area contributed by atoms with Crippen LogP contribution in [0.2, 0.25) is 0 Å². The molecule has 0 unspecified atom stereocenters. The van der Waals surface area contributed by atoms with Crippen LogP contribution in [-0.4, -0.2) is 23.1 Å². The van der Waals surface area contributed by atoms with Crippen LogP contribution in [0.15, 0.2) is 71.8 Å². The number of aryl methyl sites for hydroxylation is 2. The second kappa shape index (κ2) is 9.20. The van der Waals surface area contributed by atoms with Gasteiger partial charge in [-0.15, -0.1) is 0 Å². The molecule has 0 saturated carbocycles. The lowest BCUT2D eigenvalue weighted by Crippen LogP contribution is -2.08. The van der Waals surface area contributed by atoms with Crippen molar-refractivity contribution in [1.82, 2.24) is 9.78 Å². The fraction of sp³-hybridized carbons (Fsp3) is 0.222. The minimum Gasteiger partial charge on any atom is -0.454 e. The van der Waals surface area contributed by atoms with Crippen molar-refractivity contribution in [2.24, 2.45) is 0 Å². The number of aromatic nitrogens is 2. The highest BCUT2D eigenvalue weighted by Gasteiger charge is 2.25. The number of halogens is 1. The van der Waals surface area contributed by atoms with E-state index in [1.165, 1.54) is 16.7 Å². The van der Waals surface area contributed by atoms with Gasteiger partial charge < -0.3 is 14.8 Å². The maximum absolute atomic E-state index is 6.08. The Morgan fingerprint density at radius 1 is 1.15 bits per heavy atom. The molecule has 2 aromatic carbocycles. The molecular weight excluding hydrogens is 434 g/mol. The highest BCUT2D eigenvalue weighted by atomic mass is 35.5. The first kappa shape index (κ1) is 21.4. The van der Waals surface area contributed by atoms with E-state index >= 15 is 0 Å². The molecule has 1 aromatic heterocycles. The van der Waals surface area contributed by atoms with Crippen molar-refractivity contribution in [1.29, 1.82) is 0 Å². The Morgan fingerprint density at radius 3 is 2.91 bits per heavy atom. The first-order valence-electron chi connectivity index (χ1n) is 11.1. The fourth-order valence-electron chi connectivity index (χ4n) is 4.34. The Hall–Kier alpha value is -3.44. The second-order valence-corrected chi connectivity index (χ2v) is 8.53. The van der Waals surface area contributed by atoms with Gasteiger partial charge in [0, 0.05) is 34.5 Å². The molecule has 0 fully saturated rings. The van der Waals surface area contributed by atoms with Gasteiger partial charge in [0.1, 0.15) is 0 Å². The van der Waals surface area contributed by atoms with E-state index in [4.69, 9.17) is 26.2 Å². The van der Waals surface area contributed by atoms with E-state index in [-0.39, 0.29) is 6.79 Å². The molecule has 0 amide bonds. The summed E-state index contributed by atoms with van der Waals surface area (Å²) < 4.78 is 13.1. The summed E-state index contributed by atoms with van der Waals surface area (Å²) >= 11 is 6.08. The van der Waals surface area contributed by atoms with E-state index in [1.807, 2.05) is 54.1 Å². The second-order valence-electron chi connectivity index (χ2n) is 8.09. The third kappa shape index (κ3) is 4.29. The molecular formula is C27H26ClN3O2. The number of fused-ring (bicyclic) bond motifs is 4. The van der Waals surface area contributed by atoms with Gasteiger partial charge in [-0.3, -0.25) is 0 Å². The maximum Gasteiger partial charge on any atom is 0.231 e. The van der Waals surface area contributed by atoms with E-state index < -0.39 is 0 Å². The molecule has 2 aliphatic rings. The Bertz CT molecular complexity index is 1290. The van der Waals surface area contributed by atoms with Crippen LogP contribution in [0.5, 0.6) is 11.5 Å². The number of anilines is 1. The summed E-state index contributed by atoms with van der Waals surface area (Å²) in [5.74, 6) is 1.54. The van der Waals surface area contributed by atoms with Crippen molar-refractivity contribution in [3.8, 4) is 28.4 Å². The summed E-state index contributed by atoms with van der Waals surface area (Å²) in [5, 5.41) is 9.10. The molecule has 3 aromatic rings. The van der Waals surface area contributed by atoms with Crippen LogP contribution in [0, 0.1) is 6.92 Å². The van der Waals surface area contributed by atoms with E-state index in [0.29, 0.717) is 11.6 Å². The molecule has 1 N–H and O–H groups in total. The molecule has 0 bridgehead atoms. The lowest BCUT2D eigenvalue weighted by molar-refractivity contribution is 0.174. The van der Waals surface area contributed by atoms with Gasteiger partial charge in [-0.1, -0.05) is 35.9 Å². The van der Waals surface area contributed by atoms with Gasteiger partial charge in [0.05, 0.1) is 17.1 Å². The molecule has 1 aliphatic carbocycles. The molecule has 0 spiro atoms. The van der Waals surface area contributed by atoms with Gasteiger partial charge in [0.2, 0.25) is 6.79 Å². The number of rotatable bonds is 6. The zero-order valence-electron chi connectivity index (χ0n) is 18.8. The SMILES string of the molecule is C\C=C/C(Cl)=C\C=C\CNc1ccc2c(c1)-c1c(c(C)nn1-c1ccc3c(c1)OCO3)CC2. The maximum atomic E-state index is 6.08. The van der Waals surface area contributed by atoms with Crippen molar-refractivity contribution in [2.45, 2.75) is 26.7 Å². The van der Waals surface area contributed by atoms with Crippen LogP contribution in [0.4, 0.5) is 5.69 Å². The molecule has 0 atom stereocenters. The quantitative estimate of drug-likeness (QED) is 0.437. The lowest BCUT2D eigenvalue weighted by Gasteiger charge is -2.20. The van der Waals surface area contributed by atoms with Crippen molar-refractivity contribution in [3.05, 3.63) is 88.6 Å². The van der Waals surface area contributed by atoms with E-state index in [0.717, 1.165) is 47.1 Å². The standard InChI is InChI=1S/C27H26ClN3O2/c1-3-6-20(28)7-4-5-14-29-21-10-8-19-9-12-23-18(2)30-31(27(23)24(19)15-21)22-11-13-25-26(16-22)33-17-32-25/h3-8,10-11,13,15-16,29H,9,12,14,17H2,1-2H3/b5-4+,6-3-,20-7+. The van der Waals surface area contributed by atoms with Gasteiger partial charge >= 0.3 is 0 Å². The van der Waals surface area contributed by atoms with Crippen molar-refractivity contribution >= 4 is 17.3 Å². The summed E-state index contributed by atoms with van der Waals surface area (Å²) in [6, 6.07) is 12.6. The fourth-order valence-corrected chi connectivity index (χ4v) is 4.54.